The van der Waals surface area contributed by atoms with Crippen molar-refractivity contribution in [3.05, 3.63) is 89.1 Å². The molecule has 3 aromatic rings. The molecule has 1 amide bonds. The summed E-state index contributed by atoms with van der Waals surface area (Å²) >= 11 is 7.51. The predicted molar refractivity (Wildman–Crippen MR) is 109 cm³/mol. The fourth-order valence-electron chi connectivity index (χ4n) is 2.49. The Morgan fingerprint density at radius 2 is 1.81 bits per heavy atom. The number of thioether (sulfide) groups is 1. The van der Waals surface area contributed by atoms with E-state index >= 15 is 0 Å². The van der Waals surface area contributed by atoms with E-state index in [1.54, 1.807) is 42.6 Å². The maximum atomic E-state index is 13.0. The molecule has 0 saturated carbocycles. The van der Waals surface area contributed by atoms with Crippen LogP contribution in [0.15, 0.2) is 78.0 Å². The summed E-state index contributed by atoms with van der Waals surface area (Å²) in [6.45, 7) is 1.49. The van der Waals surface area contributed by atoms with Gasteiger partial charge in [-0.1, -0.05) is 65.8 Å². The van der Waals surface area contributed by atoms with Crippen molar-refractivity contribution in [1.82, 2.24) is 4.98 Å². The van der Waals surface area contributed by atoms with Crippen LogP contribution < -0.4 is 5.32 Å². The van der Waals surface area contributed by atoms with Gasteiger partial charge in [0, 0.05) is 17.4 Å². The van der Waals surface area contributed by atoms with Crippen LogP contribution in [-0.2, 0) is 4.79 Å². The number of anilines is 1. The molecule has 3 rings (SSSR count). The second-order valence-corrected chi connectivity index (χ2v) is 7.33. The van der Waals surface area contributed by atoms with Gasteiger partial charge in [-0.3, -0.25) is 9.59 Å². The van der Waals surface area contributed by atoms with Gasteiger partial charge in [-0.15, -0.1) is 0 Å². The van der Waals surface area contributed by atoms with Gasteiger partial charge in [-0.25, -0.2) is 4.98 Å². The van der Waals surface area contributed by atoms with Gasteiger partial charge in [0.25, 0.3) is 0 Å². The lowest BCUT2D eigenvalue weighted by atomic mass is 10.1. The average Bonchev–Trinajstić information content (AvgIpc) is 2.68. The van der Waals surface area contributed by atoms with Crippen LogP contribution in [0.5, 0.6) is 0 Å². The van der Waals surface area contributed by atoms with Gasteiger partial charge in [0.1, 0.15) is 10.3 Å². The first kappa shape index (κ1) is 19.1. The third-order valence-electron chi connectivity index (χ3n) is 3.83. The van der Waals surface area contributed by atoms with Gasteiger partial charge in [0.2, 0.25) is 5.91 Å². The summed E-state index contributed by atoms with van der Waals surface area (Å²) in [5, 5.41) is 3.43. The lowest BCUT2D eigenvalue weighted by Crippen LogP contribution is -2.19. The molecule has 136 valence electrons. The van der Waals surface area contributed by atoms with Crippen molar-refractivity contribution in [2.45, 2.75) is 17.2 Å². The topological polar surface area (TPSA) is 59.1 Å². The molecule has 2 aromatic carbocycles. The fraction of sp³-hybridized carbons (Fsp3) is 0.0952. The number of nitrogens with zero attached hydrogens (tertiary/aromatic N) is 1. The number of aromatic nitrogens is 1. The van der Waals surface area contributed by atoms with Gasteiger partial charge < -0.3 is 5.32 Å². The quantitative estimate of drug-likeness (QED) is 0.447. The van der Waals surface area contributed by atoms with Gasteiger partial charge in [0.05, 0.1) is 5.02 Å². The molecule has 0 saturated heterocycles. The fourth-order valence-corrected chi connectivity index (χ4v) is 3.73. The molecule has 1 heterocycles. The van der Waals surface area contributed by atoms with Crippen molar-refractivity contribution in [2.24, 2.45) is 0 Å². The summed E-state index contributed by atoms with van der Waals surface area (Å²) in [7, 11) is 0. The Morgan fingerprint density at radius 3 is 2.52 bits per heavy atom. The Labute approximate surface area is 167 Å². The number of carbonyl (C=O) groups is 2. The van der Waals surface area contributed by atoms with Crippen molar-refractivity contribution in [2.75, 3.05) is 5.32 Å². The third-order valence-corrected chi connectivity index (χ3v) is 5.52. The Kier molecular flexibility index (Phi) is 6.27. The zero-order valence-electron chi connectivity index (χ0n) is 14.6. The minimum absolute atomic E-state index is 0.0552. The molecule has 0 aliphatic rings. The number of pyridine rings is 1. The second-order valence-electron chi connectivity index (χ2n) is 5.83. The number of halogens is 1. The van der Waals surface area contributed by atoms with Crippen LogP contribution in [0.3, 0.4) is 0 Å². The molecule has 1 N–H and O–H groups in total. The van der Waals surface area contributed by atoms with Crippen LogP contribution >= 0.6 is 23.4 Å². The highest BCUT2D eigenvalue weighted by Crippen LogP contribution is 2.38. The Morgan fingerprint density at radius 1 is 1.04 bits per heavy atom. The summed E-state index contributed by atoms with van der Waals surface area (Å²) in [5.74, 6) is -0.269. The SMILES string of the molecule is CC(=O)c1cccc(NC(=O)C(Sc2ncccc2Cl)c2ccccc2)c1. The number of carbonyl (C=O) groups excluding carboxylic acids is 2. The number of ketones is 1. The molecule has 1 atom stereocenters. The number of hydrogen-bond donors (Lipinski definition) is 1. The highest BCUT2D eigenvalue weighted by atomic mass is 35.5. The number of amides is 1. The van der Waals surface area contributed by atoms with E-state index in [0.717, 1.165) is 5.56 Å². The Hall–Kier alpha value is -2.63. The van der Waals surface area contributed by atoms with Crippen molar-refractivity contribution in [3.63, 3.8) is 0 Å². The van der Waals surface area contributed by atoms with E-state index < -0.39 is 5.25 Å². The normalized spacial score (nSPS) is 11.6. The third kappa shape index (κ3) is 4.96. The maximum Gasteiger partial charge on any atom is 0.242 e. The first-order chi connectivity index (χ1) is 13.0. The first-order valence-electron chi connectivity index (χ1n) is 8.28. The summed E-state index contributed by atoms with van der Waals surface area (Å²) in [5.41, 5.74) is 1.95. The molecule has 0 bridgehead atoms. The first-order valence-corrected chi connectivity index (χ1v) is 9.54. The van der Waals surface area contributed by atoms with Crippen LogP contribution in [0, 0.1) is 0 Å². The number of benzene rings is 2. The van der Waals surface area contributed by atoms with Gasteiger partial charge in [-0.2, -0.15) is 0 Å². The monoisotopic (exact) mass is 396 g/mol. The summed E-state index contributed by atoms with van der Waals surface area (Å²) in [6.07, 6.45) is 1.64. The van der Waals surface area contributed by atoms with E-state index in [2.05, 4.69) is 10.3 Å². The van der Waals surface area contributed by atoms with E-state index in [0.29, 0.717) is 21.3 Å². The lowest BCUT2D eigenvalue weighted by Gasteiger charge is -2.17. The minimum atomic E-state index is -0.542. The number of nitrogens with one attached hydrogen (secondary N) is 1. The number of rotatable bonds is 6. The highest BCUT2D eigenvalue weighted by molar-refractivity contribution is 8.00. The molecule has 0 aliphatic heterocycles. The molecule has 4 nitrogen and oxygen atoms in total. The van der Waals surface area contributed by atoms with E-state index in [-0.39, 0.29) is 11.7 Å². The van der Waals surface area contributed by atoms with E-state index in [9.17, 15) is 9.59 Å². The predicted octanol–water partition coefficient (Wildman–Crippen LogP) is 5.41. The largest absolute Gasteiger partial charge is 0.325 e. The van der Waals surface area contributed by atoms with Crippen LogP contribution in [0.4, 0.5) is 5.69 Å². The highest BCUT2D eigenvalue weighted by Gasteiger charge is 2.24. The van der Waals surface area contributed by atoms with E-state index in [1.807, 2.05) is 30.3 Å². The zero-order valence-corrected chi connectivity index (χ0v) is 16.1. The summed E-state index contributed by atoms with van der Waals surface area (Å²) in [4.78, 5) is 28.9. The average molecular weight is 397 g/mol. The molecule has 0 radical (unpaired) electrons. The molecule has 0 spiro atoms. The molecule has 1 unspecified atom stereocenters. The zero-order chi connectivity index (χ0) is 19.2. The number of hydrogen-bond acceptors (Lipinski definition) is 4. The Balaban J connectivity index is 1.88. The summed E-state index contributed by atoms with van der Waals surface area (Å²) in [6, 6.07) is 19.8. The van der Waals surface area contributed by atoms with Crippen molar-refractivity contribution in [1.29, 1.82) is 0 Å². The Bertz CT molecular complexity index is 963. The van der Waals surface area contributed by atoms with Crippen LogP contribution in [-0.4, -0.2) is 16.7 Å². The van der Waals surface area contributed by atoms with Crippen molar-refractivity contribution >= 4 is 40.7 Å². The van der Waals surface area contributed by atoms with Gasteiger partial charge >= 0.3 is 0 Å². The second kappa shape index (κ2) is 8.84. The molecular formula is C21H17ClN2O2S. The van der Waals surface area contributed by atoms with Crippen LogP contribution in [0.2, 0.25) is 5.02 Å². The summed E-state index contributed by atoms with van der Waals surface area (Å²) < 4.78 is 0. The molecule has 6 heteroatoms. The lowest BCUT2D eigenvalue weighted by molar-refractivity contribution is -0.115. The molecule has 0 fully saturated rings. The van der Waals surface area contributed by atoms with E-state index in [1.165, 1.54) is 18.7 Å². The maximum absolute atomic E-state index is 13.0. The smallest absolute Gasteiger partial charge is 0.242 e. The van der Waals surface area contributed by atoms with E-state index in [4.69, 9.17) is 11.6 Å². The van der Waals surface area contributed by atoms with Crippen molar-refractivity contribution < 1.29 is 9.59 Å². The number of Topliss-reactive ketones (excluding diaryl/α,β-unsaturated/α-hetero) is 1. The van der Waals surface area contributed by atoms with Crippen LogP contribution in [0.25, 0.3) is 0 Å². The van der Waals surface area contributed by atoms with Crippen molar-refractivity contribution in [3.8, 4) is 0 Å². The molecule has 27 heavy (non-hydrogen) atoms. The van der Waals surface area contributed by atoms with Gasteiger partial charge in [0.15, 0.2) is 5.78 Å². The molecule has 0 aliphatic carbocycles. The molecule has 1 aromatic heterocycles. The van der Waals surface area contributed by atoms with Gasteiger partial charge in [-0.05, 0) is 36.8 Å². The van der Waals surface area contributed by atoms with Crippen LogP contribution in [0.1, 0.15) is 28.1 Å². The standard InChI is InChI=1S/C21H17ClN2O2S/c1-14(25)16-9-5-10-17(13-16)24-20(26)19(15-7-3-2-4-8-15)27-21-18(22)11-6-12-23-21/h2-13,19H,1H3,(H,24,26). The minimum Gasteiger partial charge on any atom is -0.325 e. The molecular weight excluding hydrogens is 380 g/mol.